The lowest BCUT2D eigenvalue weighted by Crippen LogP contribution is -2.24. The topological polar surface area (TPSA) is 41.9 Å². The van der Waals surface area contributed by atoms with Crippen LogP contribution in [0.25, 0.3) is 0 Å². The van der Waals surface area contributed by atoms with Gasteiger partial charge in [-0.25, -0.2) is 9.79 Å². The Kier molecular flexibility index (Phi) is 5.61. The van der Waals surface area contributed by atoms with Gasteiger partial charge in [-0.15, -0.1) is 0 Å². The molecule has 0 aromatic heterocycles. The zero-order valence-electron chi connectivity index (χ0n) is 13.8. The summed E-state index contributed by atoms with van der Waals surface area (Å²) in [6.07, 6.45) is 1.90. The summed E-state index contributed by atoms with van der Waals surface area (Å²) in [5, 5.41) is 0.401. The number of carbonyl (C=O) groups excluding carboxylic acids is 1. The Hall–Kier alpha value is -2.07. The largest absolute Gasteiger partial charge is 0.463 e. The minimum Gasteiger partial charge on any atom is -0.463 e. The highest BCUT2D eigenvalue weighted by atomic mass is 35.5. The molecule has 0 saturated heterocycles. The molecule has 1 aliphatic heterocycles. The van der Waals surface area contributed by atoms with Gasteiger partial charge in [0.1, 0.15) is 5.17 Å². The minimum atomic E-state index is -0.351. The molecule has 23 heavy (non-hydrogen) atoms. The van der Waals surface area contributed by atoms with Crippen LogP contribution in [0.4, 0.5) is 0 Å². The molecule has 5 heteroatoms. The predicted octanol–water partition coefficient (Wildman–Crippen LogP) is 3.70. The van der Waals surface area contributed by atoms with Gasteiger partial charge in [0.25, 0.3) is 0 Å². The van der Waals surface area contributed by atoms with Crippen molar-refractivity contribution in [2.45, 2.75) is 19.8 Å². The van der Waals surface area contributed by atoms with Crippen LogP contribution in [0.15, 0.2) is 58.4 Å². The van der Waals surface area contributed by atoms with Gasteiger partial charge in [-0.1, -0.05) is 41.9 Å². The van der Waals surface area contributed by atoms with E-state index >= 15 is 0 Å². The highest BCUT2D eigenvalue weighted by molar-refractivity contribution is 6.70. The number of carbonyl (C=O) groups is 1. The van der Waals surface area contributed by atoms with Crippen molar-refractivity contribution in [3.8, 4) is 0 Å². The van der Waals surface area contributed by atoms with Crippen LogP contribution in [-0.2, 0) is 9.53 Å². The summed E-state index contributed by atoms with van der Waals surface area (Å²) in [5.74, 6) is -0.640. The molecule has 0 saturated carbocycles. The second-order valence-corrected chi connectivity index (χ2v) is 5.87. The third-order valence-corrected chi connectivity index (χ3v) is 3.82. The molecule has 1 unspecified atom stereocenters. The molecule has 2 rings (SSSR count). The summed E-state index contributed by atoms with van der Waals surface area (Å²) >= 11 is 6.38. The average molecular weight is 333 g/mol. The molecule has 1 aromatic rings. The van der Waals surface area contributed by atoms with Crippen LogP contribution >= 0.6 is 11.6 Å². The van der Waals surface area contributed by atoms with Gasteiger partial charge in [0, 0.05) is 31.8 Å². The quantitative estimate of drug-likeness (QED) is 0.789. The molecule has 4 nitrogen and oxygen atoms in total. The Morgan fingerprint density at radius 1 is 1.35 bits per heavy atom. The normalized spacial score (nSPS) is 19.6. The first kappa shape index (κ1) is 17.3. The molecule has 0 aliphatic carbocycles. The van der Waals surface area contributed by atoms with Gasteiger partial charge in [-0.2, -0.15) is 0 Å². The third kappa shape index (κ3) is 3.82. The van der Waals surface area contributed by atoms with Crippen LogP contribution < -0.4 is 0 Å². The number of halogens is 1. The number of allylic oxidation sites excluding steroid dienone is 2. The number of esters is 1. The van der Waals surface area contributed by atoms with E-state index in [1.807, 2.05) is 55.5 Å². The monoisotopic (exact) mass is 332 g/mol. The van der Waals surface area contributed by atoms with E-state index in [1.54, 1.807) is 13.8 Å². The summed E-state index contributed by atoms with van der Waals surface area (Å²) in [4.78, 5) is 18.7. The Morgan fingerprint density at radius 3 is 2.57 bits per heavy atom. The Morgan fingerprint density at radius 2 is 2.00 bits per heavy atom. The first-order chi connectivity index (χ1) is 11.0. The van der Waals surface area contributed by atoms with E-state index in [0.29, 0.717) is 23.0 Å². The van der Waals surface area contributed by atoms with Crippen LogP contribution in [-0.4, -0.2) is 36.7 Å². The molecule has 0 spiro atoms. The molecule has 1 aliphatic rings. The molecule has 0 fully saturated rings. The zero-order chi connectivity index (χ0) is 17.0. The summed E-state index contributed by atoms with van der Waals surface area (Å²) in [5.41, 5.74) is 2.90. The van der Waals surface area contributed by atoms with E-state index < -0.39 is 0 Å². The number of hydrogen-bond acceptors (Lipinski definition) is 4. The van der Waals surface area contributed by atoms with E-state index in [1.165, 1.54) is 0 Å². The zero-order valence-corrected chi connectivity index (χ0v) is 14.6. The first-order valence-electron chi connectivity index (χ1n) is 7.51. The third-order valence-electron chi connectivity index (χ3n) is 3.52. The summed E-state index contributed by atoms with van der Waals surface area (Å²) in [6, 6.07) is 9.80. The van der Waals surface area contributed by atoms with E-state index in [4.69, 9.17) is 16.3 Å². The lowest BCUT2D eigenvalue weighted by Gasteiger charge is -2.27. The maximum Gasteiger partial charge on any atom is 0.336 e. The predicted molar refractivity (Wildman–Crippen MR) is 93.6 cm³/mol. The SMILES string of the molecule is CCOC(=O)C1=C(C)N=C(Cl)/C(=C\N(C)C)C1c1ccccc1. The molecule has 1 atom stereocenters. The molecule has 122 valence electrons. The van der Waals surface area contributed by atoms with Gasteiger partial charge in [0.2, 0.25) is 0 Å². The van der Waals surface area contributed by atoms with Crippen LogP contribution in [0.2, 0.25) is 0 Å². The Labute approximate surface area is 142 Å². The fraction of sp³-hybridized carbons (Fsp3) is 0.333. The maximum atomic E-state index is 12.5. The van der Waals surface area contributed by atoms with Crippen LogP contribution in [0, 0.1) is 0 Å². The molecule has 0 bridgehead atoms. The van der Waals surface area contributed by atoms with Crippen molar-refractivity contribution < 1.29 is 9.53 Å². The number of nitrogens with zero attached hydrogens (tertiary/aromatic N) is 2. The van der Waals surface area contributed by atoms with Gasteiger partial charge in [0.15, 0.2) is 0 Å². The van der Waals surface area contributed by atoms with Gasteiger partial charge < -0.3 is 9.64 Å². The van der Waals surface area contributed by atoms with E-state index in [0.717, 1.165) is 11.1 Å². The van der Waals surface area contributed by atoms with Crippen LogP contribution in [0.3, 0.4) is 0 Å². The van der Waals surface area contributed by atoms with Crippen molar-refractivity contribution in [2.24, 2.45) is 4.99 Å². The van der Waals surface area contributed by atoms with Crippen molar-refractivity contribution in [2.75, 3.05) is 20.7 Å². The van der Waals surface area contributed by atoms with Gasteiger partial charge >= 0.3 is 5.97 Å². The van der Waals surface area contributed by atoms with Crippen LogP contribution in [0.5, 0.6) is 0 Å². The molecule has 1 heterocycles. The second-order valence-electron chi connectivity index (χ2n) is 5.51. The standard InChI is InChI=1S/C18H21ClN2O2/c1-5-23-18(22)15-12(2)20-17(19)14(11-21(3)4)16(15)13-9-7-6-8-10-13/h6-11,16H,5H2,1-4H3/b14-11-. The van der Waals surface area contributed by atoms with Gasteiger partial charge in [-0.3, -0.25) is 0 Å². The van der Waals surface area contributed by atoms with Gasteiger partial charge in [0.05, 0.1) is 17.9 Å². The molecule has 0 amide bonds. The molecule has 0 radical (unpaired) electrons. The smallest absolute Gasteiger partial charge is 0.336 e. The summed E-state index contributed by atoms with van der Waals surface area (Å²) < 4.78 is 5.24. The molecule has 0 N–H and O–H groups in total. The first-order valence-corrected chi connectivity index (χ1v) is 7.89. The maximum absolute atomic E-state index is 12.5. The van der Waals surface area contributed by atoms with Crippen molar-refractivity contribution in [1.29, 1.82) is 0 Å². The van der Waals surface area contributed by atoms with Crippen molar-refractivity contribution in [3.63, 3.8) is 0 Å². The number of ether oxygens (including phenoxy) is 1. The highest BCUT2D eigenvalue weighted by Crippen LogP contribution is 2.39. The van der Waals surface area contributed by atoms with Crippen LogP contribution in [0.1, 0.15) is 25.3 Å². The number of rotatable bonds is 4. The number of aliphatic imine (C=N–C) groups is 1. The van der Waals surface area contributed by atoms with Crippen molar-refractivity contribution in [3.05, 3.63) is 58.9 Å². The fourth-order valence-electron chi connectivity index (χ4n) is 2.63. The van der Waals surface area contributed by atoms with Crippen molar-refractivity contribution >= 4 is 22.7 Å². The number of benzene rings is 1. The highest BCUT2D eigenvalue weighted by Gasteiger charge is 2.34. The number of hydrogen-bond donors (Lipinski definition) is 0. The fourth-order valence-corrected chi connectivity index (χ4v) is 2.91. The van der Waals surface area contributed by atoms with E-state index in [2.05, 4.69) is 4.99 Å². The average Bonchev–Trinajstić information content (AvgIpc) is 2.50. The van der Waals surface area contributed by atoms with Crippen molar-refractivity contribution in [1.82, 2.24) is 4.90 Å². The molecule has 1 aromatic carbocycles. The van der Waals surface area contributed by atoms with E-state index in [9.17, 15) is 4.79 Å². The summed E-state index contributed by atoms with van der Waals surface area (Å²) in [7, 11) is 3.82. The second kappa shape index (κ2) is 7.47. The molecular weight excluding hydrogens is 312 g/mol. The summed E-state index contributed by atoms with van der Waals surface area (Å²) in [6.45, 7) is 3.90. The van der Waals surface area contributed by atoms with E-state index in [-0.39, 0.29) is 11.9 Å². The Balaban J connectivity index is 2.64. The lowest BCUT2D eigenvalue weighted by molar-refractivity contribution is -0.138. The van der Waals surface area contributed by atoms with Gasteiger partial charge in [-0.05, 0) is 19.4 Å². The lowest BCUT2D eigenvalue weighted by atomic mass is 9.82. The molecular formula is C18H21ClN2O2. The minimum absolute atomic E-state index is 0.289. The Bertz CT molecular complexity index is 676.